The van der Waals surface area contributed by atoms with E-state index in [9.17, 15) is 0 Å². The van der Waals surface area contributed by atoms with Gasteiger partial charge in [0, 0.05) is 4.99 Å². The van der Waals surface area contributed by atoms with E-state index in [0.29, 0.717) is 33.1 Å². The summed E-state index contributed by atoms with van der Waals surface area (Å²) in [6.07, 6.45) is 3.29. The van der Waals surface area contributed by atoms with Crippen LogP contribution in [-0.2, 0) is 9.57 Å². The molecule has 1 unspecified atom stereocenters. The van der Waals surface area contributed by atoms with Crippen LogP contribution < -0.4 is 10.2 Å². The van der Waals surface area contributed by atoms with Gasteiger partial charge in [-0.25, -0.2) is 9.47 Å². The molecule has 1 radical (unpaired) electrons. The van der Waals surface area contributed by atoms with Crippen molar-refractivity contribution in [2.45, 2.75) is 6.23 Å². The summed E-state index contributed by atoms with van der Waals surface area (Å²) in [7, 11) is 0. The number of hydrazone groups is 1. The Kier molecular flexibility index (Phi) is 3.17. The standard InChI is InChI=1S/C10H4N10O3S2/c1-4(16-23-13-1)5-6(19-25-18-5)9-20(12-3-21-9)10-15-14-8(24-10)7-11-2-22-17-7/h1-3,9H/q+1. The lowest BCUT2D eigenvalue weighted by Crippen LogP contribution is -2.20. The summed E-state index contributed by atoms with van der Waals surface area (Å²) in [6.45, 7) is 0. The molecule has 0 spiro atoms. The molecule has 3 aromatic heterocycles. The molecule has 15 heteroatoms. The smallest absolute Gasteiger partial charge is 0.450 e. The van der Waals surface area contributed by atoms with Crippen molar-refractivity contribution in [2.24, 2.45) is 10.1 Å². The van der Waals surface area contributed by atoms with E-state index in [4.69, 9.17) is 9.57 Å². The first-order valence-electron chi connectivity index (χ1n) is 6.58. The van der Waals surface area contributed by atoms with Crippen molar-refractivity contribution in [3.8, 4) is 11.4 Å². The zero-order valence-corrected chi connectivity index (χ0v) is 13.5. The fourth-order valence-corrected chi connectivity index (χ4v) is 3.38. The van der Waals surface area contributed by atoms with Gasteiger partial charge in [-0.2, -0.15) is 13.8 Å². The number of amidine groups is 1. The van der Waals surface area contributed by atoms with Crippen LogP contribution in [-0.4, -0.2) is 47.9 Å². The first kappa shape index (κ1) is 14.1. The number of ether oxygens (including phenoxy) is 1. The second-order valence-corrected chi connectivity index (χ2v) is 5.97. The van der Waals surface area contributed by atoms with E-state index >= 15 is 0 Å². The first-order chi connectivity index (χ1) is 12.4. The number of aromatic nitrogens is 6. The van der Waals surface area contributed by atoms with Gasteiger partial charge in [0.1, 0.15) is 17.6 Å². The van der Waals surface area contributed by atoms with Gasteiger partial charge in [-0.05, 0) is 5.16 Å². The van der Waals surface area contributed by atoms with E-state index in [1.807, 2.05) is 0 Å². The highest BCUT2D eigenvalue weighted by Gasteiger charge is 2.36. The van der Waals surface area contributed by atoms with Crippen LogP contribution >= 0.6 is 23.1 Å². The van der Waals surface area contributed by atoms with Crippen molar-refractivity contribution in [2.75, 3.05) is 5.01 Å². The normalized spacial score (nSPS) is 18.5. The molecule has 0 amide bonds. The van der Waals surface area contributed by atoms with Gasteiger partial charge in [0.2, 0.25) is 16.4 Å². The molecule has 5 heterocycles. The Hall–Kier alpha value is -3.33. The largest absolute Gasteiger partial charge is 0.451 e. The minimum atomic E-state index is -0.670. The molecule has 2 aliphatic rings. The summed E-state index contributed by atoms with van der Waals surface area (Å²) in [4.78, 5) is 8.65. The molecule has 13 nitrogen and oxygen atoms in total. The summed E-state index contributed by atoms with van der Waals surface area (Å²) < 4.78 is 18.7. The van der Waals surface area contributed by atoms with Crippen LogP contribution in [0.5, 0.6) is 0 Å². The van der Waals surface area contributed by atoms with E-state index in [1.165, 1.54) is 35.3 Å². The highest BCUT2D eigenvalue weighted by Crippen LogP contribution is 2.36. The third kappa shape index (κ3) is 2.32. The van der Waals surface area contributed by atoms with Gasteiger partial charge in [0.25, 0.3) is 0 Å². The van der Waals surface area contributed by atoms with Crippen LogP contribution in [0.4, 0.5) is 5.13 Å². The maximum atomic E-state index is 5.55. The van der Waals surface area contributed by atoms with E-state index in [0.717, 1.165) is 11.7 Å². The minimum absolute atomic E-state index is 0.342. The molecule has 0 saturated heterocycles. The van der Waals surface area contributed by atoms with E-state index in [2.05, 4.69) is 49.1 Å². The predicted molar refractivity (Wildman–Crippen MR) is 83.7 cm³/mol. The first-order valence-corrected chi connectivity index (χ1v) is 8.12. The van der Waals surface area contributed by atoms with Crippen LogP contribution in [0.1, 0.15) is 16.9 Å². The lowest BCUT2D eigenvalue weighted by Gasteiger charge is -2.17. The summed E-state index contributed by atoms with van der Waals surface area (Å²) in [5.74, 6) is 0.342. The Morgan fingerprint density at radius 2 is 2.20 bits per heavy atom. The molecule has 0 saturated carbocycles. The number of hydrogen-bond acceptors (Lipinski definition) is 15. The third-order valence-electron chi connectivity index (χ3n) is 3.10. The molecular formula is C10H4N10O3S2+. The monoisotopic (exact) mass is 376 g/mol. The highest BCUT2D eigenvalue weighted by molar-refractivity contribution is 7.17. The second kappa shape index (κ2) is 5.64. The van der Waals surface area contributed by atoms with Crippen molar-refractivity contribution in [1.82, 2.24) is 34.4 Å². The predicted octanol–water partition coefficient (Wildman–Crippen LogP) is -0.0258. The Labute approximate surface area is 145 Å². The van der Waals surface area contributed by atoms with Crippen LogP contribution in [0, 0.1) is 0 Å². The quantitative estimate of drug-likeness (QED) is 0.607. The summed E-state index contributed by atoms with van der Waals surface area (Å²) >= 11 is 2.24. The minimum Gasteiger partial charge on any atom is -0.450 e. The topological polar surface area (TPSA) is 151 Å². The van der Waals surface area contributed by atoms with Crippen LogP contribution in [0.25, 0.3) is 11.4 Å². The van der Waals surface area contributed by atoms with Crippen LogP contribution in [0.15, 0.2) is 20.9 Å². The Bertz CT molecular complexity index is 992. The number of rotatable bonds is 4. The average Bonchev–Trinajstić information content (AvgIpc) is 3.48. The molecule has 0 N–H and O–H groups in total. The molecule has 1 atom stereocenters. The fraction of sp³-hybridized carbons (Fsp3) is 0.100. The maximum absolute atomic E-state index is 5.55. The summed E-state index contributed by atoms with van der Waals surface area (Å²) in [5, 5.41) is 25.9. The van der Waals surface area contributed by atoms with Crippen molar-refractivity contribution < 1.29 is 14.2 Å². The molecule has 5 rings (SSSR count). The maximum Gasteiger partial charge on any atom is 0.451 e. The van der Waals surface area contributed by atoms with Gasteiger partial charge in [-0.3, -0.25) is 0 Å². The molecular weight excluding hydrogens is 372 g/mol. The Morgan fingerprint density at radius 3 is 3.04 bits per heavy atom. The lowest BCUT2D eigenvalue weighted by atomic mass is 10.2. The fourth-order valence-electron chi connectivity index (χ4n) is 2.05. The summed E-state index contributed by atoms with van der Waals surface area (Å²) in [5.41, 5.74) is 1.45. The van der Waals surface area contributed by atoms with E-state index in [1.54, 1.807) is 0 Å². The summed E-state index contributed by atoms with van der Waals surface area (Å²) in [6, 6.07) is 0. The molecule has 123 valence electrons. The number of nitrogens with zero attached hydrogens (tertiary/aromatic N) is 10. The van der Waals surface area contributed by atoms with Crippen molar-refractivity contribution in [3.63, 3.8) is 0 Å². The van der Waals surface area contributed by atoms with Gasteiger partial charge in [-0.15, -0.1) is 15.3 Å². The highest BCUT2D eigenvalue weighted by atomic mass is 32.1. The van der Waals surface area contributed by atoms with Crippen molar-refractivity contribution in [1.29, 1.82) is 0 Å². The number of hydrogen-bond donors (Lipinski definition) is 0. The van der Waals surface area contributed by atoms with Crippen LogP contribution in [0.3, 0.4) is 0 Å². The zero-order valence-electron chi connectivity index (χ0n) is 11.8. The molecule has 0 aromatic carbocycles. The number of aliphatic imine (C=N–C) groups is 1. The SMILES string of the molecule is C1=NC(c2nnc(N3N=COC3c3nsnc3-c3cnon3)s2)=[N+]O1. The molecule has 0 fully saturated rings. The van der Waals surface area contributed by atoms with Crippen molar-refractivity contribution >= 4 is 46.8 Å². The third-order valence-corrected chi connectivity index (χ3v) is 4.55. The zero-order chi connectivity index (χ0) is 16.6. The Balaban J connectivity index is 1.48. The lowest BCUT2D eigenvalue weighted by molar-refractivity contribution is 0.223. The number of anilines is 1. The van der Waals surface area contributed by atoms with E-state index in [-0.39, 0.29) is 0 Å². The molecule has 3 aromatic rings. The second-order valence-electron chi connectivity index (χ2n) is 4.49. The van der Waals surface area contributed by atoms with Gasteiger partial charge < -0.3 is 4.74 Å². The number of oxime groups is 1. The van der Waals surface area contributed by atoms with E-state index < -0.39 is 6.23 Å². The molecule has 0 aliphatic carbocycles. The van der Waals surface area contributed by atoms with Crippen LogP contribution in [0.2, 0.25) is 0 Å². The molecule has 25 heavy (non-hydrogen) atoms. The van der Waals surface area contributed by atoms with Gasteiger partial charge in [0.05, 0.1) is 11.7 Å². The van der Waals surface area contributed by atoms with Gasteiger partial charge in [-0.1, -0.05) is 16.5 Å². The molecule has 2 aliphatic heterocycles. The Morgan fingerprint density at radius 1 is 1.20 bits per heavy atom. The van der Waals surface area contributed by atoms with Gasteiger partial charge >= 0.3 is 12.2 Å². The average molecular weight is 376 g/mol. The van der Waals surface area contributed by atoms with Crippen molar-refractivity contribution in [3.05, 3.63) is 16.9 Å². The molecule has 0 bridgehead atoms. The van der Waals surface area contributed by atoms with Gasteiger partial charge in [0.15, 0.2) is 17.3 Å².